The quantitative estimate of drug-likeness (QED) is 0.797. The highest BCUT2D eigenvalue weighted by Gasteiger charge is 2.09. The van der Waals surface area contributed by atoms with Crippen molar-refractivity contribution in [3.05, 3.63) is 48.0 Å². The highest BCUT2D eigenvalue weighted by Crippen LogP contribution is 2.20. The average Bonchev–Trinajstić information content (AvgIpc) is 3.04. The number of benzene rings is 1. The molecule has 0 aliphatic heterocycles. The molecule has 0 aliphatic carbocycles. The first kappa shape index (κ1) is 13.2. The summed E-state index contributed by atoms with van der Waals surface area (Å²) in [6, 6.07) is 6.18. The Morgan fingerprint density at radius 2 is 1.90 bits per heavy atom. The van der Waals surface area contributed by atoms with Gasteiger partial charge in [0.05, 0.1) is 0 Å². The van der Waals surface area contributed by atoms with Crippen LogP contribution in [0, 0.1) is 13.8 Å². The van der Waals surface area contributed by atoms with Crippen molar-refractivity contribution in [2.45, 2.75) is 13.8 Å². The molecule has 1 N–H and O–H groups in total. The first-order chi connectivity index (χ1) is 10.2. The number of anilines is 1. The summed E-state index contributed by atoms with van der Waals surface area (Å²) < 4.78 is 1.76. The molecule has 0 unspecified atom stereocenters. The van der Waals surface area contributed by atoms with E-state index >= 15 is 0 Å². The van der Waals surface area contributed by atoms with Crippen molar-refractivity contribution in [3.8, 4) is 17.3 Å². The molecule has 3 aromatic rings. The lowest BCUT2D eigenvalue weighted by molar-refractivity contribution is 0.902. The highest BCUT2D eigenvalue weighted by molar-refractivity contribution is 5.59. The van der Waals surface area contributed by atoms with E-state index in [2.05, 4.69) is 51.2 Å². The zero-order valence-corrected chi connectivity index (χ0v) is 12.2. The third-order valence-electron chi connectivity index (χ3n) is 3.35. The third-order valence-corrected chi connectivity index (χ3v) is 3.35. The second-order valence-corrected chi connectivity index (χ2v) is 4.80. The summed E-state index contributed by atoms with van der Waals surface area (Å²) in [7, 11) is 1.79. The molecule has 21 heavy (non-hydrogen) atoms. The minimum Gasteiger partial charge on any atom is -0.357 e. The van der Waals surface area contributed by atoms with E-state index < -0.39 is 0 Å². The Kier molecular flexibility index (Phi) is 3.35. The Balaban J connectivity index is 2.13. The fraction of sp³-hybridized carbons (Fsp3) is 0.200. The van der Waals surface area contributed by atoms with Crippen LogP contribution in [0.15, 0.2) is 36.9 Å². The molecule has 1 aromatic carbocycles. The van der Waals surface area contributed by atoms with E-state index in [0.29, 0.717) is 17.7 Å². The second-order valence-electron chi connectivity index (χ2n) is 4.80. The average molecular weight is 280 g/mol. The minimum absolute atomic E-state index is 0.530. The molecule has 0 saturated heterocycles. The molecule has 106 valence electrons. The molecule has 0 bridgehead atoms. The monoisotopic (exact) mass is 280 g/mol. The maximum Gasteiger partial charge on any atom is 0.240 e. The van der Waals surface area contributed by atoms with Crippen molar-refractivity contribution in [3.63, 3.8) is 0 Å². The van der Waals surface area contributed by atoms with Crippen molar-refractivity contribution >= 4 is 5.95 Å². The third kappa shape index (κ3) is 2.60. The van der Waals surface area contributed by atoms with Gasteiger partial charge in [-0.2, -0.15) is 15.0 Å². The fourth-order valence-corrected chi connectivity index (χ4v) is 1.98. The number of hydrogen-bond acceptors (Lipinski definition) is 5. The van der Waals surface area contributed by atoms with Crippen LogP contribution in [0.4, 0.5) is 5.95 Å². The lowest BCUT2D eigenvalue weighted by atomic mass is 10.1. The Labute approximate surface area is 122 Å². The van der Waals surface area contributed by atoms with Crippen molar-refractivity contribution < 1.29 is 0 Å². The van der Waals surface area contributed by atoms with Gasteiger partial charge in [-0.3, -0.25) is 4.57 Å². The molecule has 0 saturated carbocycles. The first-order valence-electron chi connectivity index (χ1n) is 6.67. The van der Waals surface area contributed by atoms with Gasteiger partial charge in [-0.15, -0.1) is 0 Å². The summed E-state index contributed by atoms with van der Waals surface area (Å²) in [5, 5.41) is 2.97. The van der Waals surface area contributed by atoms with E-state index in [4.69, 9.17) is 0 Å². The van der Waals surface area contributed by atoms with Crippen LogP contribution in [-0.2, 0) is 0 Å². The summed E-state index contributed by atoms with van der Waals surface area (Å²) in [6.45, 7) is 4.16. The molecular weight excluding hydrogens is 264 g/mol. The lowest BCUT2D eigenvalue weighted by Gasteiger charge is -2.08. The number of aromatic nitrogens is 5. The number of imidazole rings is 1. The molecule has 2 aromatic heterocycles. The Bertz CT molecular complexity index is 764. The van der Waals surface area contributed by atoms with E-state index in [1.165, 1.54) is 11.1 Å². The van der Waals surface area contributed by atoms with Gasteiger partial charge in [-0.25, -0.2) is 4.98 Å². The molecule has 0 aliphatic rings. The topological polar surface area (TPSA) is 68.5 Å². The van der Waals surface area contributed by atoms with Gasteiger partial charge in [0.15, 0.2) is 5.82 Å². The van der Waals surface area contributed by atoms with E-state index in [1.54, 1.807) is 30.3 Å². The number of nitrogens with one attached hydrogen (secondary N) is 1. The Hall–Kier alpha value is -2.76. The molecular formula is C15H16N6. The molecule has 2 heterocycles. The largest absolute Gasteiger partial charge is 0.357 e. The molecule has 3 rings (SSSR count). The van der Waals surface area contributed by atoms with Crippen LogP contribution in [0.25, 0.3) is 17.3 Å². The molecule has 6 nitrogen and oxygen atoms in total. The standard InChI is InChI=1S/C15H16N6/c1-10-4-5-12(8-11(10)2)13-18-14(16-3)20-15(19-13)21-7-6-17-9-21/h4-9H,1-3H3,(H,16,18,19,20). The van der Waals surface area contributed by atoms with Crippen molar-refractivity contribution in [1.29, 1.82) is 0 Å². The Morgan fingerprint density at radius 3 is 2.57 bits per heavy atom. The summed E-state index contributed by atoms with van der Waals surface area (Å²) in [5.41, 5.74) is 3.43. The van der Waals surface area contributed by atoms with Gasteiger partial charge in [0.2, 0.25) is 11.9 Å². The van der Waals surface area contributed by atoms with Gasteiger partial charge in [0, 0.05) is 25.0 Å². The van der Waals surface area contributed by atoms with Crippen molar-refractivity contribution in [2.75, 3.05) is 12.4 Å². The molecule has 0 radical (unpaired) electrons. The smallest absolute Gasteiger partial charge is 0.240 e. The van der Waals surface area contributed by atoms with Gasteiger partial charge in [0.1, 0.15) is 6.33 Å². The van der Waals surface area contributed by atoms with Crippen LogP contribution in [0.1, 0.15) is 11.1 Å². The molecule has 0 atom stereocenters. The maximum absolute atomic E-state index is 4.53. The van der Waals surface area contributed by atoms with Crippen molar-refractivity contribution in [1.82, 2.24) is 24.5 Å². The van der Waals surface area contributed by atoms with Gasteiger partial charge in [-0.1, -0.05) is 12.1 Å². The van der Waals surface area contributed by atoms with Crippen LogP contribution in [0.3, 0.4) is 0 Å². The number of hydrogen-bond donors (Lipinski definition) is 1. The van der Waals surface area contributed by atoms with E-state index in [1.807, 2.05) is 6.07 Å². The van der Waals surface area contributed by atoms with Crippen LogP contribution < -0.4 is 5.32 Å². The first-order valence-corrected chi connectivity index (χ1v) is 6.67. The zero-order valence-electron chi connectivity index (χ0n) is 12.2. The molecule has 0 spiro atoms. The normalized spacial score (nSPS) is 10.6. The summed E-state index contributed by atoms with van der Waals surface area (Å²) in [4.78, 5) is 17.3. The fourth-order valence-electron chi connectivity index (χ4n) is 1.98. The van der Waals surface area contributed by atoms with Crippen LogP contribution in [0.5, 0.6) is 0 Å². The predicted molar refractivity (Wildman–Crippen MR) is 81.4 cm³/mol. The lowest BCUT2D eigenvalue weighted by Crippen LogP contribution is -2.06. The van der Waals surface area contributed by atoms with Gasteiger partial charge in [-0.05, 0) is 31.0 Å². The van der Waals surface area contributed by atoms with E-state index in [0.717, 1.165) is 5.56 Å². The number of rotatable bonds is 3. The van der Waals surface area contributed by atoms with E-state index in [-0.39, 0.29) is 0 Å². The summed E-state index contributed by atoms with van der Waals surface area (Å²) >= 11 is 0. The van der Waals surface area contributed by atoms with Gasteiger partial charge < -0.3 is 5.32 Å². The van der Waals surface area contributed by atoms with Crippen LogP contribution >= 0.6 is 0 Å². The number of aryl methyl sites for hydroxylation is 2. The molecule has 6 heteroatoms. The summed E-state index contributed by atoms with van der Waals surface area (Å²) in [6.07, 6.45) is 5.16. The zero-order chi connectivity index (χ0) is 14.8. The molecule has 0 fully saturated rings. The summed E-state index contributed by atoms with van der Waals surface area (Å²) in [5.74, 6) is 1.71. The number of nitrogens with zero attached hydrogens (tertiary/aromatic N) is 5. The van der Waals surface area contributed by atoms with Gasteiger partial charge in [0.25, 0.3) is 0 Å². The van der Waals surface area contributed by atoms with Crippen LogP contribution in [0.2, 0.25) is 0 Å². The Morgan fingerprint density at radius 1 is 1.05 bits per heavy atom. The highest BCUT2D eigenvalue weighted by atomic mass is 15.2. The predicted octanol–water partition coefficient (Wildman–Crippen LogP) is 2.38. The van der Waals surface area contributed by atoms with Crippen LogP contribution in [-0.4, -0.2) is 31.6 Å². The van der Waals surface area contributed by atoms with Gasteiger partial charge >= 0.3 is 0 Å². The second kappa shape index (κ2) is 5.32. The SMILES string of the molecule is CNc1nc(-c2ccc(C)c(C)c2)nc(-n2ccnc2)n1. The maximum atomic E-state index is 4.53. The van der Waals surface area contributed by atoms with E-state index in [9.17, 15) is 0 Å². The minimum atomic E-state index is 0.530. The van der Waals surface area contributed by atoms with Crippen molar-refractivity contribution in [2.24, 2.45) is 0 Å². The molecule has 0 amide bonds.